The predicted molar refractivity (Wildman–Crippen MR) is 82.0 cm³/mol. The molecule has 0 radical (unpaired) electrons. The summed E-state index contributed by atoms with van der Waals surface area (Å²) in [5.74, 6) is 0.801. The molecule has 5 nitrogen and oxygen atoms in total. The standard InChI is InChI=1S/C17H19NO4/c1-20-11-13-7-8-16(22-13)17(19)18-10-14(21-2)9-12-5-3-4-6-15(12)18/h3-8,14H,9-11H2,1-2H3. The molecule has 0 N–H and O–H groups in total. The van der Waals surface area contributed by atoms with Crippen LogP contribution in [0, 0.1) is 0 Å². The Labute approximate surface area is 129 Å². The van der Waals surface area contributed by atoms with Crippen molar-refractivity contribution in [1.29, 1.82) is 0 Å². The van der Waals surface area contributed by atoms with Crippen molar-refractivity contribution in [2.45, 2.75) is 19.1 Å². The molecule has 0 fully saturated rings. The first-order valence-corrected chi connectivity index (χ1v) is 7.23. The van der Waals surface area contributed by atoms with Crippen LogP contribution in [0.25, 0.3) is 0 Å². The van der Waals surface area contributed by atoms with Crippen LogP contribution in [0.4, 0.5) is 5.69 Å². The summed E-state index contributed by atoms with van der Waals surface area (Å²) in [6.45, 7) is 0.872. The molecule has 5 heteroatoms. The van der Waals surface area contributed by atoms with Gasteiger partial charge in [-0.15, -0.1) is 0 Å². The number of hydrogen-bond donors (Lipinski definition) is 0. The number of carbonyl (C=O) groups is 1. The second kappa shape index (κ2) is 6.34. The van der Waals surface area contributed by atoms with Crippen molar-refractivity contribution in [2.24, 2.45) is 0 Å². The predicted octanol–water partition coefficient (Wildman–Crippen LogP) is 2.64. The van der Waals surface area contributed by atoms with Crippen LogP contribution in [0.3, 0.4) is 0 Å². The zero-order valence-electron chi connectivity index (χ0n) is 12.7. The summed E-state index contributed by atoms with van der Waals surface area (Å²) in [7, 11) is 3.26. The summed E-state index contributed by atoms with van der Waals surface area (Å²) in [6.07, 6.45) is 0.802. The number of furan rings is 1. The topological polar surface area (TPSA) is 51.9 Å². The summed E-state index contributed by atoms with van der Waals surface area (Å²) < 4.78 is 16.0. The molecule has 1 atom stereocenters. The highest BCUT2D eigenvalue weighted by molar-refractivity contribution is 6.05. The third-order valence-corrected chi connectivity index (χ3v) is 3.85. The zero-order valence-corrected chi connectivity index (χ0v) is 12.7. The van der Waals surface area contributed by atoms with Gasteiger partial charge in [0.1, 0.15) is 12.4 Å². The first-order chi connectivity index (χ1) is 10.7. The number of carbonyl (C=O) groups excluding carboxylic acids is 1. The van der Waals surface area contributed by atoms with E-state index in [1.54, 1.807) is 31.3 Å². The Hall–Kier alpha value is -2.11. The molecule has 1 aliphatic rings. The summed E-state index contributed by atoms with van der Waals surface area (Å²) >= 11 is 0. The summed E-state index contributed by atoms with van der Waals surface area (Å²) in [6, 6.07) is 11.3. The molecule has 1 aromatic heterocycles. The quantitative estimate of drug-likeness (QED) is 0.871. The van der Waals surface area contributed by atoms with Crippen molar-refractivity contribution >= 4 is 11.6 Å². The van der Waals surface area contributed by atoms with E-state index < -0.39 is 0 Å². The largest absolute Gasteiger partial charge is 0.453 e. The maximum atomic E-state index is 12.8. The lowest BCUT2D eigenvalue weighted by molar-refractivity contribution is 0.0845. The van der Waals surface area contributed by atoms with Crippen molar-refractivity contribution in [1.82, 2.24) is 0 Å². The van der Waals surface area contributed by atoms with E-state index in [1.165, 1.54) is 0 Å². The Kier molecular flexibility index (Phi) is 4.27. The van der Waals surface area contributed by atoms with Gasteiger partial charge in [-0.25, -0.2) is 0 Å². The van der Waals surface area contributed by atoms with Gasteiger partial charge >= 0.3 is 0 Å². The molecule has 0 saturated heterocycles. The van der Waals surface area contributed by atoms with Crippen LogP contribution in [0.2, 0.25) is 0 Å². The minimum absolute atomic E-state index is 0.00717. The number of benzene rings is 1. The summed E-state index contributed by atoms with van der Waals surface area (Å²) in [4.78, 5) is 14.5. The van der Waals surface area contributed by atoms with Gasteiger partial charge in [0.15, 0.2) is 5.76 Å². The number of nitrogens with zero attached hydrogens (tertiary/aromatic N) is 1. The highest BCUT2D eigenvalue weighted by atomic mass is 16.5. The van der Waals surface area contributed by atoms with Crippen LogP contribution in [0.15, 0.2) is 40.8 Å². The number of para-hydroxylation sites is 1. The van der Waals surface area contributed by atoms with E-state index in [1.807, 2.05) is 24.3 Å². The van der Waals surface area contributed by atoms with E-state index in [4.69, 9.17) is 13.9 Å². The maximum absolute atomic E-state index is 12.8. The minimum atomic E-state index is -0.156. The SMILES string of the molecule is COCc1ccc(C(=O)N2CC(OC)Cc3ccccc32)o1. The fourth-order valence-electron chi connectivity index (χ4n) is 2.75. The van der Waals surface area contributed by atoms with Crippen molar-refractivity contribution in [2.75, 3.05) is 25.7 Å². The van der Waals surface area contributed by atoms with Gasteiger partial charge in [-0.3, -0.25) is 4.79 Å². The third kappa shape index (κ3) is 2.77. The Morgan fingerprint density at radius 2 is 2.09 bits per heavy atom. The average Bonchev–Trinajstić information content (AvgIpc) is 3.02. The molecule has 1 aliphatic heterocycles. The second-order valence-electron chi connectivity index (χ2n) is 5.31. The highest BCUT2D eigenvalue weighted by Crippen LogP contribution is 2.29. The van der Waals surface area contributed by atoms with E-state index in [9.17, 15) is 4.79 Å². The molecule has 116 valence electrons. The molecule has 2 heterocycles. The second-order valence-corrected chi connectivity index (χ2v) is 5.31. The lowest BCUT2D eigenvalue weighted by atomic mass is 9.99. The molecule has 0 aliphatic carbocycles. The molecule has 0 saturated carbocycles. The van der Waals surface area contributed by atoms with Crippen LogP contribution >= 0.6 is 0 Å². The van der Waals surface area contributed by atoms with Gasteiger partial charge in [0.05, 0.1) is 12.6 Å². The normalized spacial score (nSPS) is 17.4. The van der Waals surface area contributed by atoms with Crippen LogP contribution < -0.4 is 4.90 Å². The number of methoxy groups -OCH3 is 2. The molecule has 22 heavy (non-hydrogen) atoms. The Bertz CT molecular complexity index is 664. The highest BCUT2D eigenvalue weighted by Gasteiger charge is 2.30. The van der Waals surface area contributed by atoms with E-state index in [-0.39, 0.29) is 12.0 Å². The van der Waals surface area contributed by atoms with E-state index in [0.29, 0.717) is 24.7 Å². The molecule has 1 aromatic carbocycles. The van der Waals surface area contributed by atoms with Gasteiger partial charge in [0.2, 0.25) is 0 Å². The van der Waals surface area contributed by atoms with Crippen molar-refractivity contribution < 1.29 is 18.7 Å². The van der Waals surface area contributed by atoms with Crippen molar-refractivity contribution in [3.8, 4) is 0 Å². The van der Waals surface area contributed by atoms with E-state index in [0.717, 1.165) is 17.7 Å². The maximum Gasteiger partial charge on any atom is 0.294 e. The average molecular weight is 301 g/mol. The number of ether oxygens (including phenoxy) is 2. The molecule has 2 aromatic rings. The van der Waals surface area contributed by atoms with E-state index >= 15 is 0 Å². The lowest BCUT2D eigenvalue weighted by Crippen LogP contribution is -2.43. The monoisotopic (exact) mass is 301 g/mol. The lowest BCUT2D eigenvalue weighted by Gasteiger charge is -2.33. The first-order valence-electron chi connectivity index (χ1n) is 7.23. The smallest absolute Gasteiger partial charge is 0.294 e. The van der Waals surface area contributed by atoms with Gasteiger partial charge in [-0.1, -0.05) is 18.2 Å². The van der Waals surface area contributed by atoms with Crippen LogP contribution in [-0.4, -0.2) is 32.8 Å². The fraction of sp³-hybridized carbons (Fsp3) is 0.353. The summed E-state index contributed by atoms with van der Waals surface area (Å²) in [5, 5.41) is 0. The Morgan fingerprint density at radius 3 is 2.86 bits per heavy atom. The number of hydrogen-bond acceptors (Lipinski definition) is 4. The van der Waals surface area contributed by atoms with Crippen molar-refractivity contribution in [3.63, 3.8) is 0 Å². The minimum Gasteiger partial charge on any atom is -0.453 e. The molecular formula is C17H19NO4. The Balaban J connectivity index is 1.90. The molecule has 0 spiro atoms. The first kappa shape index (κ1) is 14.8. The Morgan fingerprint density at radius 1 is 1.27 bits per heavy atom. The molecule has 1 amide bonds. The number of anilines is 1. The summed E-state index contributed by atoms with van der Waals surface area (Å²) in [5.41, 5.74) is 2.03. The van der Waals surface area contributed by atoms with Crippen molar-refractivity contribution in [3.05, 3.63) is 53.5 Å². The molecular weight excluding hydrogens is 282 g/mol. The number of fused-ring (bicyclic) bond motifs is 1. The van der Waals surface area contributed by atoms with Gasteiger partial charge < -0.3 is 18.8 Å². The number of rotatable bonds is 4. The van der Waals surface area contributed by atoms with Crippen LogP contribution in [-0.2, 0) is 22.5 Å². The van der Waals surface area contributed by atoms with Crippen LogP contribution in [0.1, 0.15) is 21.9 Å². The van der Waals surface area contributed by atoms with Gasteiger partial charge in [-0.05, 0) is 23.8 Å². The molecule has 3 rings (SSSR count). The van der Waals surface area contributed by atoms with Gasteiger partial charge in [0, 0.05) is 26.3 Å². The fourth-order valence-corrected chi connectivity index (χ4v) is 2.75. The van der Waals surface area contributed by atoms with E-state index in [2.05, 4.69) is 0 Å². The van der Waals surface area contributed by atoms with Gasteiger partial charge in [0.25, 0.3) is 5.91 Å². The molecule has 1 unspecified atom stereocenters. The molecule has 0 bridgehead atoms. The zero-order chi connectivity index (χ0) is 15.5. The number of amides is 1. The third-order valence-electron chi connectivity index (χ3n) is 3.85. The van der Waals surface area contributed by atoms with Crippen LogP contribution in [0.5, 0.6) is 0 Å². The van der Waals surface area contributed by atoms with Gasteiger partial charge in [-0.2, -0.15) is 0 Å².